The lowest BCUT2D eigenvalue weighted by Gasteiger charge is -2.13. The van der Waals surface area contributed by atoms with Crippen molar-refractivity contribution in [1.29, 1.82) is 0 Å². The molecule has 0 bridgehead atoms. The van der Waals surface area contributed by atoms with Gasteiger partial charge in [-0.2, -0.15) is 0 Å². The van der Waals surface area contributed by atoms with E-state index in [1.54, 1.807) is 0 Å². The summed E-state index contributed by atoms with van der Waals surface area (Å²) in [5, 5.41) is 0. The van der Waals surface area contributed by atoms with E-state index in [1.165, 1.54) is 11.1 Å². The Morgan fingerprint density at radius 3 is 2.38 bits per heavy atom. The summed E-state index contributed by atoms with van der Waals surface area (Å²) in [6.45, 7) is 6.41. The Kier molecular flexibility index (Phi) is 3.15. The molecule has 1 aromatic carbocycles. The molecule has 0 unspecified atom stereocenters. The third-order valence-electron chi connectivity index (χ3n) is 2.62. The lowest BCUT2D eigenvalue weighted by molar-refractivity contribution is 0.592. The minimum Gasteiger partial charge on any atom is -0.316 e. The van der Waals surface area contributed by atoms with E-state index in [0.29, 0.717) is 6.04 Å². The van der Waals surface area contributed by atoms with Gasteiger partial charge in [0, 0.05) is 6.04 Å². The summed E-state index contributed by atoms with van der Waals surface area (Å²) in [4.78, 5) is 4.32. The number of halogens is 1. The zero-order chi connectivity index (χ0) is 11.7. The molecule has 0 fully saturated rings. The van der Waals surface area contributed by atoms with Gasteiger partial charge in [0.25, 0.3) is 0 Å². The number of imidazole rings is 1. The van der Waals surface area contributed by atoms with Crippen LogP contribution in [0.3, 0.4) is 0 Å². The maximum absolute atomic E-state index is 4.32. The summed E-state index contributed by atoms with van der Waals surface area (Å²) in [5.41, 5.74) is 3.64. The Hall–Kier alpha value is -1.09. The molecule has 0 aliphatic carbocycles. The van der Waals surface area contributed by atoms with Gasteiger partial charge in [-0.25, -0.2) is 4.98 Å². The van der Waals surface area contributed by atoms with Crippen LogP contribution in [0.4, 0.5) is 0 Å². The fourth-order valence-corrected chi connectivity index (χ4v) is 2.47. The molecule has 1 aromatic heterocycles. The van der Waals surface area contributed by atoms with Crippen LogP contribution in [0.5, 0.6) is 0 Å². The van der Waals surface area contributed by atoms with Crippen LogP contribution in [0.1, 0.15) is 25.5 Å². The third-order valence-corrected chi connectivity index (χ3v) is 3.20. The molecular weight excluding hydrogens is 264 g/mol. The minimum atomic E-state index is 0.396. The third kappa shape index (κ3) is 2.05. The molecule has 84 valence electrons. The first-order chi connectivity index (χ1) is 7.59. The molecule has 3 heteroatoms. The molecule has 0 amide bonds. The molecule has 16 heavy (non-hydrogen) atoms. The van der Waals surface area contributed by atoms with Gasteiger partial charge in [-0.1, -0.05) is 29.8 Å². The Bertz CT molecular complexity index is 483. The van der Waals surface area contributed by atoms with Crippen LogP contribution in [0, 0.1) is 6.92 Å². The topological polar surface area (TPSA) is 17.8 Å². The van der Waals surface area contributed by atoms with Crippen molar-refractivity contribution in [2.24, 2.45) is 0 Å². The number of benzene rings is 1. The number of nitrogens with zero attached hydrogens (tertiary/aromatic N) is 2. The average Bonchev–Trinajstić information content (AvgIpc) is 2.61. The molecule has 0 atom stereocenters. The fraction of sp³-hybridized carbons (Fsp3) is 0.308. The number of aryl methyl sites for hydroxylation is 1. The van der Waals surface area contributed by atoms with Crippen LogP contribution in [0.15, 0.2) is 35.2 Å². The smallest absolute Gasteiger partial charge is 0.177 e. The minimum absolute atomic E-state index is 0.396. The molecule has 2 nitrogen and oxygen atoms in total. The highest BCUT2D eigenvalue weighted by molar-refractivity contribution is 9.10. The molecule has 0 N–H and O–H groups in total. The molecule has 0 aliphatic heterocycles. The summed E-state index contributed by atoms with van der Waals surface area (Å²) < 4.78 is 3.07. The molecule has 0 saturated carbocycles. The Labute approximate surface area is 104 Å². The first kappa shape index (κ1) is 11.4. The number of hydrogen-bond acceptors (Lipinski definition) is 1. The largest absolute Gasteiger partial charge is 0.316 e. The van der Waals surface area contributed by atoms with E-state index in [4.69, 9.17) is 0 Å². The van der Waals surface area contributed by atoms with Crippen LogP contribution in [0.25, 0.3) is 11.3 Å². The highest BCUT2D eigenvalue weighted by atomic mass is 79.9. The van der Waals surface area contributed by atoms with E-state index >= 15 is 0 Å². The van der Waals surface area contributed by atoms with Gasteiger partial charge in [0.15, 0.2) is 4.73 Å². The van der Waals surface area contributed by atoms with Crippen molar-refractivity contribution in [3.05, 3.63) is 40.8 Å². The van der Waals surface area contributed by atoms with Crippen LogP contribution in [-0.2, 0) is 0 Å². The standard InChI is InChI=1S/C13H15BrN2/c1-9(2)16-12(8-15-13(16)14)11-6-4-10(3)5-7-11/h4-9H,1-3H3. The summed E-state index contributed by atoms with van der Waals surface area (Å²) in [6, 6.07) is 8.92. The van der Waals surface area contributed by atoms with Crippen molar-refractivity contribution >= 4 is 15.9 Å². The second kappa shape index (κ2) is 4.42. The van der Waals surface area contributed by atoms with Crippen LogP contribution in [0.2, 0.25) is 0 Å². The maximum Gasteiger partial charge on any atom is 0.177 e. The number of rotatable bonds is 2. The highest BCUT2D eigenvalue weighted by Gasteiger charge is 2.11. The Morgan fingerprint density at radius 1 is 1.19 bits per heavy atom. The Balaban J connectivity index is 2.52. The van der Waals surface area contributed by atoms with Gasteiger partial charge >= 0.3 is 0 Å². The summed E-state index contributed by atoms with van der Waals surface area (Å²) in [5.74, 6) is 0. The van der Waals surface area contributed by atoms with Crippen LogP contribution < -0.4 is 0 Å². The SMILES string of the molecule is Cc1ccc(-c2cnc(Br)n2C(C)C)cc1. The normalized spacial score (nSPS) is 11.1. The average molecular weight is 279 g/mol. The molecule has 1 heterocycles. The monoisotopic (exact) mass is 278 g/mol. The van der Waals surface area contributed by atoms with Crippen molar-refractivity contribution < 1.29 is 0 Å². The van der Waals surface area contributed by atoms with Gasteiger partial charge < -0.3 is 4.57 Å². The molecule has 2 rings (SSSR count). The summed E-state index contributed by atoms with van der Waals surface area (Å²) >= 11 is 3.48. The van der Waals surface area contributed by atoms with Crippen molar-refractivity contribution in [3.8, 4) is 11.3 Å². The van der Waals surface area contributed by atoms with E-state index in [0.717, 1.165) is 10.4 Å². The van der Waals surface area contributed by atoms with Gasteiger partial charge in [-0.05, 0) is 42.3 Å². The van der Waals surface area contributed by atoms with Crippen LogP contribution in [-0.4, -0.2) is 9.55 Å². The summed E-state index contributed by atoms with van der Waals surface area (Å²) in [6.07, 6.45) is 1.91. The van der Waals surface area contributed by atoms with Crippen LogP contribution >= 0.6 is 15.9 Å². The highest BCUT2D eigenvalue weighted by Crippen LogP contribution is 2.27. The molecular formula is C13H15BrN2. The number of hydrogen-bond donors (Lipinski definition) is 0. The van der Waals surface area contributed by atoms with Gasteiger partial charge in [-0.3, -0.25) is 0 Å². The quantitative estimate of drug-likeness (QED) is 0.805. The zero-order valence-corrected chi connectivity index (χ0v) is 11.3. The van der Waals surface area contributed by atoms with Crippen molar-refractivity contribution in [2.45, 2.75) is 26.8 Å². The first-order valence-corrected chi connectivity index (χ1v) is 6.18. The Morgan fingerprint density at radius 2 is 1.81 bits per heavy atom. The van der Waals surface area contributed by atoms with Gasteiger partial charge in [0.2, 0.25) is 0 Å². The second-order valence-corrected chi connectivity index (χ2v) is 4.95. The van der Waals surface area contributed by atoms with E-state index in [-0.39, 0.29) is 0 Å². The van der Waals surface area contributed by atoms with E-state index in [1.807, 2.05) is 6.20 Å². The van der Waals surface area contributed by atoms with E-state index in [9.17, 15) is 0 Å². The van der Waals surface area contributed by atoms with Gasteiger partial charge in [0.1, 0.15) is 0 Å². The second-order valence-electron chi connectivity index (χ2n) is 4.24. The van der Waals surface area contributed by atoms with Crippen molar-refractivity contribution in [2.75, 3.05) is 0 Å². The summed E-state index contributed by atoms with van der Waals surface area (Å²) in [7, 11) is 0. The lowest BCUT2D eigenvalue weighted by atomic mass is 10.1. The lowest BCUT2D eigenvalue weighted by Crippen LogP contribution is -2.02. The molecule has 0 spiro atoms. The molecule has 2 aromatic rings. The van der Waals surface area contributed by atoms with E-state index < -0.39 is 0 Å². The van der Waals surface area contributed by atoms with Crippen molar-refractivity contribution in [3.63, 3.8) is 0 Å². The molecule has 0 radical (unpaired) electrons. The molecule has 0 saturated heterocycles. The predicted molar refractivity (Wildman–Crippen MR) is 70.5 cm³/mol. The maximum atomic E-state index is 4.32. The van der Waals surface area contributed by atoms with Crippen molar-refractivity contribution in [1.82, 2.24) is 9.55 Å². The number of aromatic nitrogens is 2. The first-order valence-electron chi connectivity index (χ1n) is 5.39. The van der Waals surface area contributed by atoms with Gasteiger partial charge in [0.05, 0.1) is 11.9 Å². The fourth-order valence-electron chi connectivity index (χ4n) is 1.77. The molecule has 0 aliphatic rings. The van der Waals surface area contributed by atoms with Gasteiger partial charge in [-0.15, -0.1) is 0 Å². The zero-order valence-electron chi connectivity index (χ0n) is 9.74. The predicted octanol–water partition coefficient (Wildman–Crippen LogP) is 4.20. The van der Waals surface area contributed by atoms with E-state index in [2.05, 4.69) is 70.5 Å².